The van der Waals surface area contributed by atoms with Gasteiger partial charge in [0.05, 0.1) is 23.1 Å². The minimum absolute atomic E-state index is 0.0126. The lowest BCUT2D eigenvalue weighted by Gasteiger charge is -2.24. The van der Waals surface area contributed by atoms with Crippen molar-refractivity contribution < 1.29 is 24.6 Å². The average molecular weight is 301 g/mol. The second-order valence-corrected chi connectivity index (χ2v) is 5.68. The number of aliphatic carboxylic acids is 1. The lowest BCUT2D eigenvalue weighted by Crippen LogP contribution is -2.36. The van der Waals surface area contributed by atoms with Crippen molar-refractivity contribution in [1.82, 2.24) is 0 Å². The molecule has 0 spiro atoms. The van der Waals surface area contributed by atoms with Crippen molar-refractivity contribution in [2.45, 2.75) is 6.42 Å². The lowest BCUT2D eigenvalue weighted by atomic mass is 9.82. The lowest BCUT2D eigenvalue weighted by molar-refractivity contribution is -0.146. The number of anilines is 1. The van der Waals surface area contributed by atoms with Gasteiger partial charge in [-0.1, -0.05) is 24.3 Å². The number of hydrogen-bond donors (Lipinski definition) is 3. The first kappa shape index (κ1) is 14.3. The van der Waals surface area contributed by atoms with Gasteiger partial charge in [-0.25, -0.2) is 4.79 Å². The van der Waals surface area contributed by atoms with Crippen molar-refractivity contribution in [3.8, 4) is 0 Å². The van der Waals surface area contributed by atoms with E-state index in [1.54, 1.807) is 12.1 Å². The number of carboxylic acids is 2. The summed E-state index contributed by atoms with van der Waals surface area (Å²) in [4.78, 5) is 35.1. The molecule has 1 fully saturated rings. The molecule has 4 atom stereocenters. The summed E-state index contributed by atoms with van der Waals surface area (Å²) in [6.07, 6.45) is 4.41. The van der Waals surface area contributed by atoms with Gasteiger partial charge in [-0.15, -0.1) is 0 Å². The molecule has 3 rings (SSSR count). The van der Waals surface area contributed by atoms with Crippen LogP contribution in [0.5, 0.6) is 0 Å². The molecule has 6 nitrogen and oxygen atoms in total. The highest BCUT2D eigenvalue weighted by Gasteiger charge is 2.51. The Kier molecular flexibility index (Phi) is 3.44. The van der Waals surface area contributed by atoms with E-state index in [0.29, 0.717) is 6.42 Å². The number of para-hydroxylation sites is 1. The predicted molar refractivity (Wildman–Crippen MR) is 77.4 cm³/mol. The second kappa shape index (κ2) is 5.29. The van der Waals surface area contributed by atoms with Crippen molar-refractivity contribution >= 4 is 23.5 Å². The number of carboxylic acid groups (broad SMARTS) is 2. The molecule has 2 bridgehead atoms. The largest absolute Gasteiger partial charge is 0.481 e. The van der Waals surface area contributed by atoms with Gasteiger partial charge in [-0.05, 0) is 30.4 Å². The normalized spacial score (nSPS) is 28.5. The Morgan fingerprint density at radius 2 is 1.64 bits per heavy atom. The highest BCUT2D eigenvalue weighted by Crippen LogP contribution is 2.48. The van der Waals surface area contributed by atoms with E-state index in [9.17, 15) is 19.5 Å². The number of aromatic carboxylic acids is 1. The van der Waals surface area contributed by atoms with E-state index in [1.165, 1.54) is 12.1 Å². The zero-order valence-corrected chi connectivity index (χ0v) is 11.6. The summed E-state index contributed by atoms with van der Waals surface area (Å²) >= 11 is 0. The van der Waals surface area contributed by atoms with Crippen LogP contribution >= 0.6 is 0 Å². The molecule has 0 heterocycles. The van der Waals surface area contributed by atoms with Gasteiger partial charge in [0.25, 0.3) is 0 Å². The summed E-state index contributed by atoms with van der Waals surface area (Å²) in [7, 11) is 0. The molecular weight excluding hydrogens is 286 g/mol. The number of rotatable bonds is 4. The van der Waals surface area contributed by atoms with Crippen LogP contribution in [0.4, 0.5) is 5.69 Å². The average Bonchev–Trinajstić information content (AvgIpc) is 3.08. The zero-order valence-electron chi connectivity index (χ0n) is 11.6. The van der Waals surface area contributed by atoms with Gasteiger partial charge in [0.2, 0.25) is 5.91 Å². The molecule has 0 aromatic heterocycles. The fourth-order valence-electron chi connectivity index (χ4n) is 3.51. The molecule has 2 aliphatic carbocycles. The van der Waals surface area contributed by atoms with E-state index in [1.807, 2.05) is 12.2 Å². The molecule has 0 aliphatic heterocycles. The zero-order chi connectivity index (χ0) is 15.9. The van der Waals surface area contributed by atoms with Gasteiger partial charge in [0.1, 0.15) is 0 Å². The molecular formula is C16H15NO5. The molecule has 1 amide bonds. The van der Waals surface area contributed by atoms with Gasteiger partial charge in [0.15, 0.2) is 0 Å². The van der Waals surface area contributed by atoms with Gasteiger partial charge >= 0.3 is 11.9 Å². The highest BCUT2D eigenvalue weighted by molar-refractivity contribution is 6.02. The third-order valence-corrected chi connectivity index (χ3v) is 4.46. The number of nitrogens with one attached hydrogen (secondary N) is 1. The topological polar surface area (TPSA) is 104 Å². The quantitative estimate of drug-likeness (QED) is 0.736. The standard InChI is InChI=1S/C16H15NO5/c18-14(17-11-4-2-1-3-10(11)15(19)20)12-8-5-6-9(7-8)13(12)16(21)22/h1-6,8-9,12-13H,7H2,(H,17,18)(H,19,20)(H,21,22)/t8-,9-,12+,13+/m0/s1. The fourth-order valence-corrected chi connectivity index (χ4v) is 3.51. The molecule has 114 valence electrons. The molecule has 3 N–H and O–H groups in total. The maximum Gasteiger partial charge on any atom is 0.337 e. The van der Waals surface area contributed by atoms with Gasteiger partial charge in [-0.2, -0.15) is 0 Å². The molecule has 1 aromatic rings. The van der Waals surface area contributed by atoms with E-state index in [-0.39, 0.29) is 23.1 Å². The van der Waals surface area contributed by atoms with Crippen molar-refractivity contribution in [2.75, 3.05) is 5.32 Å². The van der Waals surface area contributed by atoms with Gasteiger partial charge in [0, 0.05) is 0 Å². The van der Waals surface area contributed by atoms with Crippen LogP contribution in [0.25, 0.3) is 0 Å². The molecule has 6 heteroatoms. The van der Waals surface area contributed by atoms with Crippen molar-refractivity contribution in [1.29, 1.82) is 0 Å². The van der Waals surface area contributed by atoms with Crippen molar-refractivity contribution in [3.05, 3.63) is 42.0 Å². The number of benzene rings is 1. The number of carbonyl (C=O) groups is 3. The maximum absolute atomic E-state index is 12.5. The Morgan fingerprint density at radius 3 is 2.27 bits per heavy atom. The highest BCUT2D eigenvalue weighted by atomic mass is 16.4. The molecule has 0 saturated heterocycles. The minimum Gasteiger partial charge on any atom is -0.481 e. The van der Waals surface area contributed by atoms with Crippen LogP contribution in [0, 0.1) is 23.7 Å². The SMILES string of the molecule is O=C(O)c1ccccc1NC(=O)[C@H]1[C@H](C(=O)O)[C@H]2C=C[C@H]1C2. The number of fused-ring (bicyclic) bond motifs is 2. The van der Waals surface area contributed by atoms with Crippen LogP contribution in [-0.4, -0.2) is 28.1 Å². The number of amides is 1. The van der Waals surface area contributed by atoms with Crippen LogP contribution < -0.4 is 5.32 Å². The van der Waals surface area contributed by atoms with E-state index in [0.717, 1.165) is 0 Å². The Bertz CT molecular complexity index is 681. The van der Waals surface area contributed by atoms with Crippen LogP contribution in [-0.2, 0) is 9.59 Å². The monoisotopic (exact) mass is 301 g/mol. The number of allylic oxidation sites excluding steroid dienone is 2. The van der Waals surface area contributed by atoms with Gasteiger partial charge in [-0.3, -0.25) is 9.59 Å². The molecule has 22 heavy (non-hydrogen) atoms. The third-order valence-electron chi connectivity index (χ3n) is 4.46. The van der Waals surface area contributed by atoms with E-state index >= 15 is 0 Å². The number of hydrogen-bond acceptors (Lipinski definition) is 3. The summed E-state index contributed by atoms with van der Waals surface area (Å²) < 4.78 is 0. The summed E-state index contributed by atoms with van der Waals surface area (Å²) in [6.45, 7) is 0. The molecule has 1 saturated carbocycles. The van der Waals surface area contributed by atoms with E-state index < -0.39 is 29.7 Å². The molecule has 0 radical (unpaired) electrons. The van der Waals surface area contributed by atoms with Crippen LogP contribution in [0.2, 0.25) is 0 Å². The predicted octanol–water partition coefficient (Wildman–Crippen LogP) is 1.85. The first-order valence-electron chi connectivity index (χ1n) is 7.03. The van der Waals surface area contributed by atoms with E-state index in [2.05, 4.69) is 5.32 Å². The first-order valence-corrected chi connectivity index (χ1v) is 7.03. The third kappa shape index (κ3) is 2.26. The van der Waals surface area contributed by atoms with Crippen LogP contribution in [0.1, 0.15) is 16.8 Å². The van der Waals surface area contributed by atoms with Gasteiger partial charge < -0.3 is 15.5 Å². The number of carbonyl (C=O) groups excluding carboxylic acids is 1. The van der Waals surface area contributed by atoms with Crippen LogP contribution in [0.3, 0.4) is 0 Å². The van der Waals surface area contributed by atoms with Crippen LogP contribution in [0.15, 0.2) is 36.4 Å². The summed E-state index contributed by atoms with van der Waals surface area (Å²) in [6, 6.07) is 6.09. The minimum atomic E-state index is -1.14. The van der Waals surface area contributed by atoms with Crippen molar-refractivity contribution in [3.63, 3.8) is 0 Å². The smallest absolute Gasteiger partial charge is 0.337 e. The summed E-state index contributed by atoms with van der Waals surface area (Å²) in [5.74, 6) is -4.17. The molecule has 1 aromatic carbocycles. The summed E-state index contributed by atoms with van der Waals surface area (Å²) in [5, 5.41) is 21.1. The molecule has 2 aliphatic rings. The van der Waals surface area contributed by atoms with E-state index in [4.69, 9.17) is 5.11 Å². The second-order valence-electron chi connectivity index (χ2n) is 5.68. The summed E-state index contributed by atoms with van der Waals surface area (Å²) in [5.41, 5.74) is 0.178. The maximum atomic E-state index is 12.5. The Hall–Kier alpha value is -2.63. The Balaban J connectivity index is 1.85. The van der Waals surface area contributed by atoms with Crippen molar-refractivity contribution in [2.24, 2.45) is 23.7 Å². The Morgan fingerprint density at radius 1 is 1.00 bits per heavy atom. The molecule has 0 unspecified atom stereocenters. The Labute approximate surface area is 126 Å². The first-order chi connectivity index (χ1) is 10.5. The fraction of sp³-hybridized carbons (Fsp3) is 0.312.